The van der Waals surface area contributed by atoms with Crippen LogP contribution in [0.4, 0.5) is 0 Å². The number of aryl methyl sites for hydroxylation is 1. The van der Waals surface area contributed by atoms with Gasteiger partial charge in [0.25, 0.3) is 0 Å². The molecule has 0 aromatic carbocycles. The third kappa shape index (κ3) is 3.92. The molecule has 106 valence electrons. The van der Waals surface area contributed by atoms with E-state index in [4.69, 9.17) is 4.74 Å². The topological polar surface area (TPSA) is 83.1 Å². The van der Waals surface area contributed by atoms with Gasteiger partial charge in [0.1, 0.15) is 5.82 Å². The highest BCUT2D eigenvalue weighted by Crippen LogP contribution is 2.14. The summed E-state index contributed by atoms with van der Waals surface area (Å²) < 4.78 is 5.37. The highest BCUT2D eigenvalue weighted by atomic mass is 32.2. The van der Waals surface area contributed by atoms with Crippen LogP contribution in [0.2, 0.25) is 0 Å². The van der Waals surface area contributed by atoms with Crippen LogP contribution < -0.4 is 5.32 Å². The molecule has 2 rings (SSSR count). The SMILES string of the molecule is CO[C@H]1CN(C)C[C@@H]1NC(=O)CSc1n[nH]c(C)n1. The Labute approximate surface area is 116 Å². The maximum absolute atomic E-state index is 11.9. The highest BCUT2D eigenvalue weighted by Gasteiger charge is 2.31. The van der Waals surface area contributed by atoms with Gasteiger partial charge in [-0.05, 0) is 14.0 Å². The second kappa shape index (κ2) is 6.36. The molecule has 19 heavy (non-hydrogen) atoms. The zero-order valence-corrected chi connectivity index (χ0v) is 12.2. The first-order chi connectivity index (χ1) is 9.08. The molecule has 0 spiro atoms. The Kier molecular flexibility index (Phi) is 4.78. The number of methoxy groups -OCH3 is 1. The van der Waals surface area contributed by atoms with Gasteiger partial charge in [0.05, 0.1) is 17.9 Å². The fourth-order valence-electron chi connectivity index (χ4n) is 2.10. The number of carbonyl (C=O) groups is 1. The maximum Gasteiger partial charge on any atom is 0.230 e. The standard InChI is InChI=1S/C11H19N5O2S/c1-7-12-11(15-14-7)19-6-10(17)13-8-4-16(2)5-9(8)18-3/h8-9H,4-6H2,1-3H3,(H,13,17)(H,12,14,15)/t8-,9-/m0/s1. The largest absolute Gasteiger partial charge is 0.378 e. The number of nitrogens with one attached hydrogen (secondary N) is 2. The monoisotopic (exact) mass is 285 g/mol. The molecule has 0 aliphatic carbocycles. The number of amides is 1. The lowest BCUT2D eigenvalue weighted by Gasteiger charge is -2.18. The summed E-state index contributed by atoms with van der Waals surface area (Å²) in [6.07, 6.45) is 0.0599. The van der Waals surface area contributed by atoms with Crippen LogP contribution in [0, 0.1) is 6.92 Å². The Balaban J connectivity index is 1.78. The molecule has 0 saturated carbocycles. The zero-order valence-electron chi connectivity index (χ0n) is 11.3. The number of nitrogens with zero attached hydrogens (tertiary/aromatic N) is 3. The lowest BCUT2D eigenvalue weighted by atomic mass is 10.2. The van der Waals surface area contributed by atoms with E-state index in [1.807, 2.05) is 14.0 Å². The van der Waals surface area contributed by atoms with Crippen molar-refractivity contribution < 1.29 is 9.53 Å². The van der Waals surface area contributed by atoms with Gasteiger partial charge in [-0.25, -0.2) is 4.98 Å². The predicted molar refractivity (Wildman–Crippen MR) is 72.1 cm³/mol. The summed E-state index contributed by atoms with van der Waals surface area (Å²) in [7, 11) is 3.69. The smallest absolute Gasteiger partial charge is 0.230 e. The van der Waals surface area contributed by atoms with Crippen molar-refractivity contribution in [2.75, 3.05) is 33.0 Å². The van der Waals surface area contributed by atoms with Crippen LogP contribution in [0.1, 0.15) is 5.82 Å². The van der Waals surface area contributed by atoms with E-state index in [0.717, 1.165) is 18.9 Å². The summed E-state index contributed by atoms with van der Waals surface area (Å²) in [4.78, 5) is 18.2. The number of rotatable bonds is 5. The van der Waals surface area contributed by atoms with Crippen LogP contribution in [-0.2, 0) is 9.53 Å². The van der Waals surface area contributed by atoms with Crippen molar-refractivity contribution in [1.82, 2.24) is 25.4 Å². The van der Waals surface area contributed by atoms with Gasteiger partial charge < -0.3 is 15.0 Å². The quantitative estimate of drug-likeness (QED) is 0.720. The second-order valence-corrected chi connectivity index (χ2v) is 5.60. The Morgan fingerprint density at radius 1 is 1.63 bits per heavy atom. The van der Waals surface area contributed by atoms with E-state index in [1.165, 1.54) is 11.8 Å². The number of likely N-dealkylation sites (N-methyl/N-ethyl adjacent to an activating group) is 1. The van der Waals surface area contributed by atoms with Gasteiger partial charge in [-0.1, -0.05) is 11.8 Å². The normalized spacial score (nSPS) is 23.7. The van der Waals surface area contributed by atoms with Crippen molar-refractivity contribution in [3.63, 3.8) is 0 Å². The van der Waals surface area contributed by atoms with Crippen molar-refractivity contribution in [1.29, 1.82) is 0 Å². The summed E-state index contributed by atoms with van der Waals surface area (Å²) in [6.45, 7) is 3.48. The number of aromatic nitrogens is 3. The Morgan fingerprint density at radius 2 is 2.42 bits per heavy atom. The lowest BCUT2D eigenvalue weighted by molar-refractivity contribution is -0.119. The molecule has 1 aromatic heterocycles. The summed E-state index contributed by atoms with van der Waals surface area (Å²) >= 11 is 1.32. The van der Waals surface area contributed by atoms with Gasteiger partial charge in [0.15, 0.2) is 0 Å². The molecule has 8 heteroatoms. The van der Waals surface area contributed by atoms with Crippen LogP contribution >= 0.6 is 11.8 Å². The highest BCUT2D eigenvalue weighted by molar-refractivity contribution is 7.99. The molecule has 2 N–H and O–H groups in total. The number of ether oxygens (including phenoxy) is 1. The van der Waals surface area contributed by atoms with Crippen LogP contribution in [0.15, 0.2) is 5.16 Å². The molecule has 0 bridgehead atoms. The maximum atomic E-state index is 11.9. The van der Waals surface area contributed by atoms with Crippen molar-refractivity contribution in [2.45, 2.75) is 24.2 Å². The Bertz CT molecular complexity index is 438. The van der Waals surface area contributed by atoms with E-state index < -0.39 is 0 Å². The van der Waals surface area contributed by atoms with Gasteiger partial charge in [0, 0.05) is 20.2 Å². The summed E-state index contributed by atoms with van der Waals surface area (Å²) in [6, 6.07) is 0.0528. The molecule has 1 fully saturated rings. The van der Waals surface area contributed by atoms with Gasteiger partial charge in [-0.3, -0.25) is 9.89 Å². The van der Waals surface area contributed by atoms with E-state index in [1.54, 1.807) is 7.11 Å². The Hall–Kier alpha value is -1.12. The lowest BCUT2D eigenvalue weighted by Crippen LogP contribution is -2.44. The summed E-state index contributed by atoms with van der Waals surface area (Å²) in [5.41, 5.74) is 0. The average Bonchev–Trinajstić information content (AvgIpc) is 2.93. The van der Waals surface area contributed by atoms with E-state index in [2.05, 4.69) is 25.4 Å². The van der Waals surface area contributed by atoms with Gasteiger partial charge in [-0.2, -0.15) is 0 Å². The fourth-order valence-corrected chi connectivity index (χ4v) is 2.76. The van der Waals surface area contributed by atoms with Gasteiger partial charge >= 0.3 is 0 Å². The minimum atomic E-state index is -0.0187. The molecule has 1 aliphatic rings. The van der Waals surface area contributed by atoms with E-state index in [9.17, 15) is 4.79 Å². The number of carbonyl (C=O) groups excluding carboxylic acids is 1. The second-order valence-electron chi connectivity index (χ2n) is 4.66. The molecule has 2 atom stereocenters. The summed E-state index contributed by atoms with van der Waals surface area (Å²) in [5, 5.41) is 10.3. The summed E-state index contributed by atoms with van der Waals surface area (Å²) in [5.74, 6) is 1.04. The van der Waals surface area contributed by atoms with Crippen molar-refractivity contribution in [3.05, 3.63) is 5.82 Å². The number of likely N-dealkylation sites (tertiary alicyclic amines) is 1. The van der Waals surface area contributed by atoms with Gasteiger partial charge in [-0.15, -0.1) is 5.10 Å². The van der Waals surface area contributed by atoms with Crippen LogP contribution in [0.3, 0.4) is 0 Å². The zero-order chi connectivity index (χ0) is 13.8. The van der Waals surface area contributed by atoms with Crippen molar-refractivity contribution >= 4 is 17.7 Å². The molecule has 1 aromatic rings. The molecular formula is C11H19N5O2S. The molecular weight excluding hydrogens is 266 g/mol. The number of hydrogen-bond acceptors (Lipinski definition) is 6. The first kappa shape index (κ1) is 14.3. The molecule has 2 heterocycles. The molecule has 0 radical (unpaired) electrons. The Morgan fingerprint density at radius 3 is 3.05 bits per heavy atom. The number of thioether (sulfide) groups is 1. The third-order valence-corrected chi connectivity index (χ3v) is 3.85. The van der Waals surface area contributed by atoms with E-state index in [-0.39, 0.29) is 18.1 Å². The van der Waals surface area contributed by atoms with Crippen molar-refractivity contribution in [2.24, 2.45) is 0 Å². The minimum absolute atomic E-state index is 0.0187. The average molecular weight is 285 g/mol. The third-order valence-electron chi connectivity index (χ3n) is 3.01. The first-order valence-electron chi connectivity index (χ1n) is 6.11. The minimum Gasteiger partial charge on any atom is -0.378 e. The molecule has 1 aliphatic heterocycles. The number of hydrogen-bond donors (Lipinski definition) is 2. The molecule has 1 amide bonds. The predicted octanol–water partition coefficient (Wildman–Crippen LogP) is -0.350. The fraction of sp³-hybridized carbons (Fsp3) is 0.727. The van der Waals surface area contributed by atoms with E-state index in [0.29, 0.717) is 10.9 Å². The molecule has 0 unspecified atom stereocenters. The molecule has 1 saturated heterocycles. The van der Waals surface area contributed by atoms with Crippen molar-refractivity contribution in [3.8, 4) is 0 Å². The van der Waals surface area contributed by atoms with Crippen LogP contribution in [-0.4, -0.2) is 71.1 Å². The van der Waals surface area contributed by atoms with Gasteiger partial charge in [0.2, 0.25) is 11.1 Å². The first-order valence-corrected chi connectivity index (χ1v) is 7.09. The van der Waals surface area contributed by atoms with Crippen LogP contribution in [0.5, 0.6) is 0 Å². The van der Waals surface area contributed by atoms with Crippen LogP contribution in [0.25, 0.3) is 0 Å². The molecule has 7 nitrogen and oxygen atoms in total. The number of aromatic amines is 1. The number of H-pyrrole nitrogens is 1. The van der Waals surface area contributed by atoms with E-state index >= 15 is 0 Å².